The lowest BCUT2D eigenvalue weighted by Gasteiger charge is -2.09. The van der Waals surface area contributed by atoms with Crippen LogP contribution in [0.15, 0.2) is 42.5 Å². The van der Waals surface area contributed by atoms with Crippen LogP contribution in [0.3, 0.4) is 0 Å². The van der Waals surface area contributed by atoms with Gasteiger partial charge in [0.2, 0.25) is 0 Å². The lowest BCUT2D eigenvalue weighted by Crippen LogP contribution is -1.99. The molecule has 2 aromatic rings. The highest BCUT2D eigenvalue weighted by molar-refractivity contribution is 14.1. The Morgan fingerprint density at radius 1 is 1.10 bits per heavy atom. The number of carbonyl (C=O) groups excluding carboxylic acids is 1. The zero-order chi connectivity index (χ0) is 14.5. The molecule has 0 aromatic heterocycles. The topological polar surface area (TPSA) is 26.3 Å². The highest BCUT2D eigenvalue weighted by Gasteiger charge is 2.06. The Morgan fingerprint density at radius 2 is 1.75 bits per heavy atom. The smallest absolute Gasteiger partial charge is 0.160 e. The number of carbonyl (C=O) groups is 1. The lowest BCUT2D eigenvalue weighted by atomic mass is 10.1. The van der Waals surface area contributed by atoms with Crippen LogP contribution in [-0.2, 0) is 13.0 Å². The van der Waals surface area contributed by atoms with Crippen molar-refractivity contribution in [3.63, 3.8) is 0 Å². The van der Waals surface area contributed by atoms with Gasteiger partial charge in [0.15, 0.2) is 5.78 Å². The first-order valence-electron chi connectivity index (χ1n) is 6.61. The highest BCUT2D eigenvalue weighted by atomic mass is 127. The molecule has 20 heavy (non-hydrogen) atoms. The SMILES string of the molecule is CCc1ccc(COc2ccc(C(C)=O)c(I)c2)cc1. The minimum atomic E-state index is 0.0797. The van der Waals surface area contributed by atoms with E-state index >= 15 is 0 Å². The molecule has 0 aliphatic heterocycles. The van der Waals surface area contributed by atoms with Gasteiger partial charge in [-0.25, -0.2) is 0 Å². The number of benzene rings is 2. The maximum Gasteiger partial charge on any atom is 0.160 e. The lowest BCUT2D eigenvalue weighted by molar-refractivity contribution is 0.101. The van der Waals surface area contributed by atoms with Gasteiger partial charge in [-0.15, -0.1) is 0 Å². The van der Waals surface area contributed by atoms with Gasteiger partial charge in [-0.3, -0.25) is 4.79 Å². The van der Waals surface area contributed by atoms with E-state index in [0.29, 0.717) is 6.61 Å². The second kappa shape index (κ2) is 6.88. The minimum Gasteiger partial charge on any atom is -0.489 e. The molecule has 0 bridgehead atoms. The average Bonchev–Trinajstić information content (AvgIpc) is 2.45. The van der Waals surface area contributed by atoms with Crippen LogP contribution < -0.4 is 4.74 Å². The van der Waals surface area contributed by atoms with E-state index in [-0.39, 0.29) is 5.78 Å². The maximum absolute atomic E-state index is 11.4. The molecule has 104 valence electrons. The Bertz CT molecular complexity index is 603. The predicted octanol–water partition coefficient (Wildman–Crippen LogP) is 4.64. The van der Waals surface area contributed by atoms with Crippen molar-refractivity contribution in [3.05, 3.63) is 62.7 Å². The molecular formula is C17H17IO2. The molecule has 2 aromatic carbocycles. The Morgan fingerprint density at radius 3 is 2.30 bits per heavy atom. The van der Waals surface area contributed by atoms with Gasteiger partial charge in [-0.1, -0.05) is 31.2 Å². The third-order valence-electron chi connectivity index (χ3n) is 3.16. The third kappa shape index (κ3) is 3.82. The van der Waals surface area contributed by atoms with Crippen molar-refractivity contribution in [2.75, 3.05) is 0 Å². The Labute approximate surface area is 133 Å². The van der Waals surface area contributed by atoms with E-state index in [2.05, 4.69) is 53.8 Å². The normalized spacial score (nSPS) is 10.3. The summed E-state index contributed by atoms with van der Waals surface area (Å²) in [6.45, 7) is 4.26. The van der Waals surface area contributed by atoms with Gasteiger partial charge in [0, 0.05) is 9.13 Å². The fourth-order valence-electron chi connectivity index (χ4n) is 1.91. The monoisotopic (exact) mass is 380 g/mol. The van der Waals surface area contributed by atoms with Crippen LogP contribution in [0.5, 0.6) is 5.75 Å². The molecule has 0 heterocycles. The van der Waals surface area contributed by atoms with Crippen molar-refractivity contribution in [3.8, 4) is 5.75 Å². The van der Waals surface area contributed by atoms with Crippen molar-refractivity contribution >= 4 is 28.4 Å². The quantitative estimate of drug-likeness (QED) is 0.558. The van der Waals surface area contributed by atoms with Crippen molar-refractivity contribution in [1.29, 1.82) is 0 Å². The summed E-state index contributed by atoms with van der Waals surface area (Å²) in [5.41, 5.74) is 3.22. The van der Waals surface area contributed by atoms with E-state index in [9.17, 15) is 4.79 Å². The van der Waals surface area contributed by atoms with E-state index in [1.165, 1.54) is 5.56 Å². The van der Waals surface area contributed by atoms with E-state index in [4.69, 9.17) is 4.74 Å². The minimum absolute atomic E-state index is 0.0797. The van der Waals surface area contributed by atoms with Crippen molar-refractivity contribution in [2.45, 2.75) is 26.9 Å². The number of hydrogen-bond donors (Lipinski definition) is 0. The van der Waals surface area contributed by atoms with Crippen LogP contribution in [0.25, 0.3) is 0 Å². The number of halogens is 1. The highest BCUT2D eigenvalue weighted by Crippen LogP contribution is 2.21. The van der Waals surface area contributed by atoms with Crippen LogP contribution in [0.4, 0.5) is 0 Å². The van der Waals surface area contributed by atoms with Crippen molar-refractivity contribution in [1.82, 2.24) is 0 Å². The Balaban J connectivity index is 2.03. The van der Waals surface area contributed by atoms with Crippen LogP contribution in [-0.4, -0.2) is 5.78 Å². The van der Waals surface area contributed by atoms with Gasteiger partial charge >= 0.3 is 0 Å². The van der Waals surface area contributed by atoms with Gasteiger partial charge in [0.1, 0.15) is 12.4 Å². The Kier molecular flexibility index (Phi) is 5.17. The van der Waals surface area contributed by atoms with Crippen LogP contribution >= 0.6 is 22.6 Å². The van der Waals surface area contributed by atoms with Crippen LogP contribution in [0.1, 0.15) is 35.3 Å². The molecule has 3 heteroatoms. The number of ether oxygens (including phenoxy) is 1. The molecular weight excluding hydrogens is 363 g/mol. The molecule has 0 fully saturated rings. The molecule has 0 N–H and O–H groups in total. The molecule has 0 spiro atoms. The van der Waals surface area contributed by atoms with Gasteiger partial charge in [0.25, 0.3) is 0 Å². The summed E-state index contributed by atoms with van der Waals surface area (Å²) in [5.74, 6) is 0.870. The molecule has 0 radical (unpaired) electrons. The first-order valence-corrected chi connectivity index (χ1v) is 7.69. The summed E-state index contributed by atoms with van der Waals surface area (Å²) >= 11 is 2.16. The van der Waals surface area contributed by atoms with Gasteiger partial charge in [-0.05, 0) is 65.3 Å². The molecule has 0 amide bonds. The van der Waals surface area contributed by atoms with E-state index in [1.807, 2.05) is 18.2 Å². The standard InChI is InChI=1S/C17H17IO2/c1-3-13-4-6-14(7-5-13)11-20-15-8-9-16(12(2)19)17(18)10-15/h4-10H,3,11H2,1-2H3. The third-order valence-corrected chi connectivity index (χ3v) is 4.05. The fraction of sp³-hybridized carbons (Fsp3) is 0.235. The summed E-state index contributed by atoms with van der Waals surface area (Å²) in [6.07, 6.45) is 1.05. The molecule has 0 saturated heterocycles. The second-order valence-corrected chi connectivity index (χ2v) is 5.82. The molecule has 0 unspecified atom stereocenters. The van der Waals surface area contributed by atoms with E-state index in [1.54, 1.807) is 6.92 Å². The Hall–Kier alpha value is -1.36. The number of Topliss-reactive ketones (excluding diaryl/α,β-unsaturated/α-hetero) is 1. The molecule has 2 rings (SSSR count). The first kappa shape index (κ1) is 15.0. The maximum atomic E-state index is 11.4. The summed E-state index contributed by atoms with van der Waals surface area (Å²) < 4.78 is 6.69. The predicted molar refractivity (Wildman–Crippen MR) is 89.3 cm³/mol. The van der Waals surface area contributed by atoms with E-state index in [0.717, 1.165) is 26.9 Å². The number of hydrogen-bond acceptors (Lipinski definition) is 2. The molecule has 0 aliphatic carbocycles. The zero-order valence-corrected chi connectivity index (χ0v) is 13.8. The van der Waals surface area contributed by atoms with Crippen LogP contribution in [0.2, 0.25) is 0 Å². The van der Waals surface area contributed by atoms with Crippen LogP contribution in [0, 0.1) is 3.57 Å². The molecule has 0 saturated carbocycles. The number of aryl methyl sites for hydroxylation is 1. The summed E-state index contributed by atoms with van der Waals surface area (Å²) in [5, 5.41) is 0. The largest absolute Gasteiger partial charge is 0.489 e. The summed E-state index contributed by atoms with van der Waals surface area (Å²) in [4.78, 5) is 11.4. The summed E-state index contributed by atoms with van der Waals surface area (Å²) in [7, 11) is 0. The summed E-state index contributed by atoms with van der Waals surface area (Å²) in [6, 6.07) is 14.0. The van der Waals surface area contributed by atoms with Crippen molar-refractivity contribution in [2.24, 2.45) is 0 Å². The number of ketones is 1. The van der Waals surface area contributed by atoms with Crippen molar-refractivity contribution < 1.29 is 9.53 Å². The first-order chi connectivity index (χ1) is 9.60. The molecule has 0 aliphatic rings. The molecule has 0 atom stereocenters. The van der Waals surface area contributed by atoms with E-state index < -0.39 is 0 Å². The zero-order valence-electron chi connectivity index (χ0n) is 11.7. The number of rotatable bonds is 5. The van der Waals surface area contributed by atoms with Gasteiger partial charge < -0.3 is 4.74 Å². The fourth-order valence-corrected chi connectivity index (χ4v) is 2.78. The molecule has 2 nitrogen and oxygen atoms in total. The average molecular weight is 380 g/mol. The van der Waals surface area contributed by atoms with Gasteiger partial charge in [-0.2, -0.15) is 0 Å². The second-order valence-electron chi connectivity index (χ2n) is 4.66. The van der Waals surface area contributed by atoms with Gasteiger partial charge in [0.05, 0.1) is 0 Å².